The van der Waals surface area contributed by atoms with Crippen molar-refractivity contribution in [3.05, 3.63) is 29.8 Å². The highest BCUT2D eigenvalue weighted by Crippen LogP contribution is 2.18. The molecule has 152 valence electrons. The lowest BCUT2D eigenvalue weighted by molar-refractivity contribution is -0.128. The van der Waals surface area contributed by atoms with Crippen LogP contribution in [0, 0.1) is 0 Å². The van der Waals surface area contributed by atoms with Crippen molar-refractivity contribution in [3.8, 4) is 0 Å². The lowest BCUT2D eigenvalue weighted by atomic mass is 9.96. The second kappa shape index (κ2) is 10.1. The van der Waals surface area contributed by atoms with E-state index in [4.69, 9.17) is 0 Å². The number of nitrogens with zero attached hydrogens (tertiary/aromatic N) is 1. The molecule has 7 heteroatoms. The van der Waals surface area contributed by atoms with E-state index in [0.717, 1.165) is 31.4 Å². The van der Waals surface area contributed by atoms with E-state index in [1.165, 1.54) is 19.3 Å². The molecule has 1 heterocycles. The van der Waals surface area contributed by atoms with E-state index in [2.05, 4.69) is 16.0 Å². The number of anilines is 1. The highest BCUT2D eigenvalue weighted by molar-refractivity contribution is 5.91. The summed E-state index contributed by atoms with van der Waals surface area (Å²) in [5, 5.41) is 8.59. The number of hydrogen-bond acceptors (Lipinski definition) is 3. The molecule has 28 heavy (non-hydrogen) atoms. The van der Waals surface area contributed by atoms with Crippen LogP contribution in [0.15, 0.2) is 24.3 Å². The number of rotatable bonds is 7. The van der Waals surface area contributed by atoms with E-state index in [1.54, 1.807) is 0 Å². The molecule has 1 saturated carbocycles. The SMILES string of the molecule is O=C(CCNC(=O)NC1CCCCC1)Nc1cccc(CN2CCCC2=O)c1. The number of carbonyl (C=O) groups is 3. The minimum Gasteiger partial charge on any atom is -0.338 e. The monoisotopic (exact) mass is 386 g/mol. The Bertz CT molecular complexity index is 701. The molecule has 7 nitrogen and oxygen atoms in total. The van der Waals surface area contributed by atoms with Crippen molar-refractivity contribution >= 4 is 23.5 Å². The lowest BCUT2D eigenvalue weighted by Crippen LogP contribution is -2.43. The van der Waals surface area contributed by atoms with Crippen LogP contribution >= 0.6 is 0 Å². The normalized spacial score (nSPS) is 17.4. The Morgan fingerprint density at radius 2 is 1.93 bits per heavy atom. The topological polar surface area (TPSA) is 90.5 Å². The molecule has 0 bridgehead atoms. The fraction of sp³-hybridized carbons (Fsp3) is 0.571. The standard InChI is InChI=1S/C21H30N4O3/c26-19(11-12-22-21(28)24-17-7-2-1-3-8-17)23-18-9-4-6-16(14-18)15-25-13-5-10-20(25)27/h4,6,9,14,17H,1-3,5,7-8,10-13,15H2,(H,23,26)(H2,22,24,28). The third-order valence-corrected chi connectivity index (χ3v) is 5.33. The van der Waals surface area contributed by atoms with Crippen molar-refractivity contribution in [1.82, 2.24) is 15.5 Å². The fourth-order valence-corrected chi connectivity index (χ4v) is 3.84. The van der Waals surface area contributed by atoms with Crippen molar-refractivity contribution in [3.63, 3.8) is 0 Å². The van der Waals surface area contributed by atoms with Gasteiger partial charge in [0, 0.05) is 44.2 Å². The van der Waals surface area contributed by atoms with Crippen LogP contribution in [0.3, 0.4) is 0 Å². The highest BCUT2D eigenvalue weighted by Gasteiger charge is 2.20. The zero-order valence-electron chi connectivity index (χ0n) is 16.3. The maximum atomic E-state index is 12.1. The molecule has 4 amide bonds. The van der Waals surface area contributed by atoms with Gasteiger partial charge in [-0.3, -0.25) is 9.59 Å². The molecule has 0 spiro atoms. The van der Waals surface area contributed by atoms with Gasteiger partial charge in [0.05, 0.1) is 0 Å². The first kappa shape index (κ1) is 20.2. The van der Waals surface area contributed by atoms with Gasteiger partial charge >= 0.3 is 6.03 Å². The average molecular weight is 386 g/mol. The molecule has 3 N–H and O–H groups in total. The average Bonchev–Trinajstić information content (AvgIpc) is 3.07. The Labute approximate surface area is 166 Å². The predicted octanol–water partition coefficient (Wildman–Crippen LogP) is 2.77. The molecule has 0 radical (unpaired) electrons. The van der Waals surface area contributed by atoms with Crippen molar-refractivity contribution in [2.45, 2.75) is 64.0 Å². The van der Waals surface area contributed by atoms with Gasteiger partial charge in [-0.1, -0.05) is 31.4 Å². The second-order valence-electron chi connectivity index (χ2n) is 7.65. The van der Waals surface area contributed by atoms with Crippen LogP contribution in [0.5, 0.6) is 0 Å². The van der Waals surface area contributed by atoms with Gasteiger partial charge in [0.15, 0.2) is 0 Å². The lowest BCUT2D eigenvalue weighted by Gasteiger charge is -2.22. The van der Waals surface area contributed by atoms with Gasteiger partial charge in [-0.05, 0) is 37.0 Å². The van der Waals surface area contributed by atoms with Crippen LogP contribution in [0.25, 0.3) is 0 Å². The van der Waals surface area contributed by atoms with Crippen LogP contribution in [-0.2, 0) is 16.1 Å². The molecule has 0 atom stereocenters. The molecule has 2 aliphatic rings. The van der Waals surface area contributed by atoms with E-state index in [1.807, 2.05) is 29.2 Å². The zero-order chi connectivity index (χ0) is 19.8. The van der Waals surface area contributed by atoms with Gasteiger partial charge in [0.25, 0.3) is 0 Å². The molecule has 2 fully saturated rings. The summed E-state index contributed by atoms with van der Waals surface area (Å²) in [4.78, 5) is 37.6. The van der Waals surface area contributed by atoms with Crippen molar-refractivity contribution in [2.24, 2.45) is 0 Å². The summed E-state index contributed by atoms with van der Waals surface area (Å²) >= 11 is 0. The van der Waals surface area contributed by atoms with Crippen molar-refractivity contribution < 1.29 is 14.4 Å². The summed E-state index contributed by atoms with van der Waals surface area (Å²) in [6.07, 6.45) is 7.40. The first-order valence-electron chi connectivity index (χ1n) is 10.3. The highest BCUT2D eigenvalue weighted by atomic mass is 16.2. The molecular weight excluding hydrogens is 356 g/mol. The minimum atomic E-state index is -0.197. The molecule has 1 aliphatic carbocycles. The van der Waals surface area contributed by atoms with E-state index in [0.29, 0.717) is 25.2 Å². The Hall–Kier alpha value is -2.57. The first-order chi connectivity index (χ1) is 13.6. The largest absolute Gasteiger partial charge is 0.338 e. The van der Waals surface area contributed by atoms with Crippen LogP contribution in [-0.4, -0.2) is 41.9 Å². The number of benzene rings is 1. The van der Waals surface area contributed by atoms with Crippen molar-refractivity contribution in [1.29, 1.82) is 0 Å². The smallest absolute Gasteiger partial charge is 0.315 e. The molecule has 1 aromatic rings. The first-order valence-corrected chi connectivity index (χ1v) is 10.3. The second-order valence-corrected chi connectivity index (χ2v) is 7.65. The quantitative estimate of drug-likeness (QED) is 0.673. The number of hydrogen-bond donors (Lipinski definition) is 3. The van der Waals surface area contributed by atoms with E-state index in [-0.39, 0.29) is 30.3 Å². The number of carbonyl (C=O) groups excluding carboxylic acids is 3. The maximum Gasteiger partial charge on any atom is 0.315 e. The van der Waals surface area contributed by atoms with Crippen molar-refractivity contribution in [2.75, 3.05) is 18.4 Å². The molecule has 0 unspecified atom stereocenters. The van der Waals surface area contributed by atoms with Gasteiger partial charge < -0.3 is 20.9 Å². The molecule has 0 aromatic heterocycles. The number of likely N-dealkylation sites (tertiary alicyclic amines) is 1. The van der Waals surface area contributed by atoms with Crippen LogP contribution in [0.2, 0.25) is 0 Å². The number of nitrogens with one attached hydrogen (secondary N) is 3. The van der Waals surface area contributed by atoms with E-state index < -0.39 is 0 Å². The van der Waals surface area contributed by atoms with Crippen LogP contribution in [0.1, 0.15) is 56.9 Å². The Balaban J connectivity index is 1.37. The molecular formula is C21H30N4O3. The van der Waals surface area contributed by atoms with E-state index in [9.17, 15) is 14.4 Å². The van der Waals surface area contributed by atoms with Crippen LogP contribution < -0.4 is 16.0 Å². The summed E-state index contributed by atoms with van der Waals surface area (Å²) in [7, 11) is 0. The fourth-order valence-electron chi connectivity index (χ4n) is 3.84. The summed E-state index contributed by atoms with van der Waals surface area (Å²) in [6.45, 7) is 1.67. The minimum absolute atomic E-state index is 0.146. The predicted molar refractivity (Wildman–Crippen MR) is 108 cm³/mol. The van der Waals surface area contributed by atoms with Gasteiger partial charge in [-0.2, -0.15) is 0 Å². The Kier molecular flexibility index (Phi) is 7.28. The number of amides is 4. The third-order valence-electron chi connectivity index (χ3n) is 5.33. The summed E-state index contributed by atoms with van der Waals surface area (Å²) in [5.74, 6) is 0.0411. The summed E-state index contributed by atoms with van der Waals surface area (Å²) < 4.78 is 0. The Morgan fingerprint density at radius 1 is 1.11 bits per heavy atom. The summed E-state index contributed by atoms with van der Waals surface area (Å²) in [5.41, 5.74) is 1.71. The molecule has 3 rings (SSSR count). The molecule has 1 aromatic carbocycles. The van der Waals surface area contributed by atoms with Gasteiger partial charge in [0.2, 0.25) is 11.8 Å². The van der Waals surface area contributed by atoms with Gasteiger partial charge in [0.1, 0.15) is 0 Å². The van der Waals surface area contributed by atoms with Crippen LogP contribution in [0.4, 0.5) is 10.5 Å². The number of urea groups is 1. The molecule has 1 saturated heterocycles. The summed E-state index contributed by atoms with van der Waals surface area (Å²) in [6, 6.07) is 7.62. The molecule has 1 aliphatic heterocycles. The van der Waals surface area contributed by atoms with Gasteiger partial charge in [-0.25, -0.2) is 4.79 Å². The third kappa shape index (κ3) is 6.25. The maximum absolute atomic E-state index is 12.1. The Morgan fingerprint density at radius 3 is 2.68 bits per heavy atom. The van der Waals surface area contributed by atoms with E-state index >= 15 is 0 Å². The van der Waals surface area contributed by atoms with Gasteiger partial charge in [-0.15, -0.1) is 0 Å². The zero-order valence-corrected chi connectivity index (χ0v) is 16.3.